The van der Waals surface area contributed by atoms with Crippen LogP contribution in [0.5, 0.6) is 0 Å². The van der Waals surface area contributed by atoms with Gasteiger partial charge in [0.25, 0.3) is 0 Å². The summed E-state index contributed by atoms with van der Waals surface area (Å²) in [6, 6.07) is 21.3. The average molecular weight is 488 g/mol. The van der Waals surface area contributed by atoms with E-state index in [0.29, 0.717) is 11.1 Å². The molecule has 0 saturated heterocycles. The van der Waals surface area contributed by atoms with Gasteiger partial charge in [0.15, 0.2) is 0 Å². The molecule has 1 amide bonds. The highest BCUT2D eigenvalue weighted by molar-refractivity contribution is 5.90. The summed E-state index contributed by atoms with van der Waals surface area (Å²) in [6.07, 6.45) is -0.830. The molecule has 0 saturated carbocycles. The van der Waals surface area contributed by atoms with Crippen LogP contribution >= 0.6 is 0 Å². The second-order valence-corrected chi connectivity index (χ2v) is 9.77. The standard InChI is InChI=1S/C29H29NO6/c1-29(2,3)36-27(33)19-10-8-9-18(15-19)16-25(26(31)32)30-28(34)35-17-24-22-13-6-4-11-20(22)21-12-5-7-14-23(21)24/h4-15,24-25H,16-17H2,1-3H3,(H,30,34)(H,31,32)/t25-/m1/s1. The molecule has 0 unspecified atom stereocenters. The minimum atomic E-state index is -1.23. The zero-order chi connectivity index (χ0) is 25.9. The summed E-state index contributed by atoms with van der Waals surface area (Å²) < 4.78 is 10.9. The molecule has 7 nitrogen and oxygen atoms in total. The highest BCUT2D eigenvalue weighted by Gasteiger charge is 2.30. The lowest BCUT2D eigenvalue weighted by Gasteiger charge is -2.20. The minimum Gasteiger partial charge on any atom is -0.480 e. The smallest absolute Gasteiger partial charge is 0.407 e. The Kier molecular flexibility index (Phi) is 7.10. The SMILES string of the molecule is CC(C)(C)OC(=O)c1cccc(C[C@@H](NC(=O)OCC2c3ccccc3-c3ccccc32)C(=O)O)c1. The molecule has 0 radical (unpaired) electrons. The molecule has 0 fully saturated rings. The predicted octanol–water partition coefficient (Wildman–Crippen LogP) is 5.18. The molecule has 1 aliphatic carbocycles. The van der Waals surface area contributed by atoms with Crippen molar-refractivity contribution in [2.75, 3.05) is 6.61 Å². The van der Waals surface area contributed by atoms with Crippen molar-refractivity contribution in [3.05, 3.63) is 95.1 Å². The minimum absolute atomic E-state index is 0.0177. The van der Waals surface area contributed by atoms with Crippen LogP contribution in [0, 0.1) is 0 Å². The molecule has 4 rings (SSSR count). The Morgan fingerprint density at radius 3 is 2.11 bits per heavy atom. The van der Waals surface area contributed by atoms with Gasteiger partial charge in [-0.1, -0.05) is 60.7 Å². The molecule has 3 aromatic rings. The Bertz CT molecular complexity index is 1250. The third-order valence-electron chi connectivity index (χ3n) is 5.94. The Morgan fingerprint density at radius 1 is 0.917 bits per heavy atom. The highest BCUT2D eigenvalue weighted by atomic mass is 16.6. The van der Waals surface area contributed by atoms with E-state index in [-0.39, 0.29) is 18.9 Å². The van der Waals surface area contributed by atoms with Crippen molar-refractivity contribution in [2.24, 2.45) is 0 Å². The van der Waals surface area contributed by atoms with Gasteiger partial charge in [-0.2, -0.15) is 0 Å². The predicted molar refractivity (Wildman–Crippen MR) is 135 cm³/mol. The van der Waals surface area contributed by atoms with Crippen molar-refractivity contribution in [2.45, 2.75) is 44.8 Å². The van der Waals surface area contributed by atoms with Crippen LogP contribution in [0.3, 0.4) is 0 Å². The Balaban J connectivity index is 1.41. The molecule has 0 spiro atoms. The maximum Gasteiger partial charge on any atom is 0.407 e. The molecule has 1 aliphatic rings. The van der Waals surface area contributed by atoms with Crippen molar-refractivity contribution in [3.63, 3.8) is 0 Å². The van der Waals surface area contributed by atoms with Crippen LogP contribution in [0.4, 0.5) is 4.79 Å². The fraction of sp³-hybridized carbons (Fsp3) is 0.276. The van der Waals surface area contributed by atoms with Gasteiger partial charge < -0.3 is 19.9 Å². The van der Waals surface area contributed by atoms with Crippen LogP contribution in [-0.4, -0.2) is 41.4 Å². The van der Waals surface area contributed by atoms with Gasteiger partial charge in [-0.05, 0) is 60.7 Å². The van der Waals surface area contributed by atoms with Crippen LogP contribution < -0.4 is 5.32 Å². The number of carboxylic acid groups (broad SMARTS) is 1. The topological polar surface area (TPSA) is 102 Å². The summed E-state index contributed by atoms with van der Waals surface area (Å²) in [5, 5.41) is 12.1. The number of carboxylic acids is 1. The fourth-order valence-electron chi connectivity index (χ4n) is 4.38. The highest BCUT2D eigenvalue weighted by Crippen LogP contribution is 2.44. The number of hydrogen-bond acceptors (Lipinski definition) is 5. The second kappa shape index (κ2) is 10.2. The molecule has 0 aliphatic heterocycles. The molecule has 0 aromatic heterocycles. The van der Waals surface area contributed by atoms with Crippen molar-refractivity contribution < 1.29 is 29.0 Å². The maximum atomic E-state index is 12.6. The first kappa shape index (κ1) is 25.0. The first-order valence-electron chi connectivity index (χ1n) is 11.8. The summed E-state index contributed by atoms with van der Waals surface area (Å²) in [5.41, 5.74) is 4.59. The van der Waals surface area contributed by atoms with Gasteiger partial charge in [-0.25, -0.2) is 14.4 Å². The van der Waals surface area contributed by atoms with Crippen molar-refractivity contribution >= 4 is 18.0 Å². The van der Waals surface area contributed by atoms with E-state index >= 15 is 0 Å². The zero-order valence-corrected chi connectivity index (χ0v) is 20.5. The lowest BCUT2D eigenvalue weighted by Crippen LogP contribution is -2.43. The molecular weight excluding hydrogens is 458 g/mol. The molecule has 7 heteroatoms. The molecular formula is C29H29NO6. The summed E-state index contributed by atoms with van der Waals surface area (Å²) in [5.74, 6) is -1.83. The molecule has 0 heterocycles. The molecule has 2 N–H and O–H groups in total. The van der Waals surface area contributed by atoms with E-state index in [2.05, 4.69) is 5.32 Å². The van der Waals surface area contributed by atoms with Crippen LogP contribution in [0.25, 0.3) is 11.1 Å². The number of hydrogen-bond donors (Lipinski definition) is 2. The van der Waals surface area contributed by atoms with Gasteiger partial charge in [0.2, 0.25) is 0 Å². The largest absolute Gasteiger partial charge is 0.480 e. The Labute approximate surface area is 210 Å². The lowest BCUT2D eigenvalue weighted by atomic mass is 9.98. The van der Waals surface area contributed by atoms with Crippen LogP contribution in [0.15, 0.2) is 72.8 Å². The molecule has 0 bridgehead atoms. The average Bonchev–Trinajstić information content (AvgIpc) is 3.15. The quantitative estimate of drug-likeness (QED) is 0.446. The molecule has 36 heavy (non-hydrogen) atoms. The Hall–Kier alpha value is -4.13. The van der Waals surface area contributed by atoms with Crippen molar-refractivity contribution in [1.82, 2.24) is 5.32 Å². The van der Waals surface area contributed by atoms with Gasteiger partial charge in [-0.15, -0.1) is 0 Å². The van der Waals surface area contributed by atoms with Crippen LogP contribution in [0.1, 0.15) is 53.7 Å². The number of benzene rings is 3. The Morgan fingerprint density at radius 2 is 1.53 bits per heavy atom. The number of fused-ring (bicyclic) bond motifs is 3. The van der Waals surface area contributed by atoms with Gasteiger partial charge >= 0.3 is 18.0 Å². The summed E-state index contributed by atoms with van der Waals surface area (Å²) >= 11 is 0. The number of nitrogens with one attached hydrogen (secondary N) is 1. The van der Waals surface area contributed by atoms with Crippen LogP contribution in [-0.2, 0) is 20.7 Å². The normalized spacial score (nSPS) is 13.3. The number of rotatable bonds is 7. The fourth-order valence-corrected chi connectivity index (χ4v) is 4.38. The summed E-state index contributed by atoms with van der Waals surface area (Å²) in [6.45, 7) is 5.40. The van der Waals surface area contributed by atoms with E-state index in [1.54, 1.807) is 45.0 Å². The molecule has 3 aromatic carbocycles. The van der Waals surface area contributed by atoms with E-state index in [1.165, 1.54) is 0 Å². The summed E-state index contributed by atoms with van der Waals surface area (Å²) in [7, 11) is 0. The van der Waals surface area contributed by atoms with E-state index in [9.17, 15) is 19.5 Å². The van der Waals surface area contributed by atoms with Crippen molar-refractivity contribution in [3.8, 4) is 11.1 Å². The van der Waals surface area contributed by atoms with Gasteiger partial charge in [0, 0.05) is 12.3 Å². The van der Waals surface area contributed by atoms with Gasteiger partial charge in [0.1, 0.15) is 18.2 Å². The first-order chi connectivity index (χ1) is 17.1. The van der Waals surface area contributed by atoms with Crippen LogP contribution in [0.2, 0.25) is 0 Å². The molecule has 186 valence electrons. The zero-order valence-electron chi connectivity index (χ0n) is 20.5. The van der Waals surface area contributed by atoms with E-state index in [0.717, 1.165) is 22.3 Å². The first-order valence-corrected chi connectivity index (χ1v) is 11.8. The van der Waals surface area contributed by atoms with E-state index in [1.807, 2.05) is 48.5 Å². The third-order valence-corrected chi connectivity index (χ3v) is 5.94. The number of aliphatic carboxylic acids is 1. The van der Waals surface area contributed by atoms with Gasteiger partial charge in [-0.3, -0.25) is 0 Å². The van der Waals surface area contributed by atoms with E-state index in [4.69, 9.17) is 9.47 Å². The monoisotopic (exact) mass is 487 g/mol. The lowest BCUT2D eigenvalue weighted by molar-refractivity contribution is -0.139. The number of carbonyl (C=O) groups excluding carboxylic acids is 2. The number of carbonyl (C=O) groups is 3. The van der Waals surface area contributed by atoms with Crippen molar-refractivity contribution in [1.29, 1.82) is 0 Å². The molecule has 1 atom stereocenters. The van der Waals surface area contributed by atoms with E-state index < -0.39 is 29.7 Å². The third kappa shape index (κ3) is 5.74. The maximum absolute atomic E-state index is 12.6. The number of amides is 1. The number of alkyl carbamates (subject to hydrolysis) is 1. The number of esters is 1. The van der Waals surface area contributed by atoms with Gasteiger partial charge in [0.05, 0.1) is 5.56 Å². The number of ether oxygens (including phenoxy) is 2. The second-order valence-electron chi connectivity index (χ2n) is 9.77. The summed E-state index contributed by atoms with van der Waals surface area (Å²) in [4.78, 5) is 36.8.